The van der Waals surface area contributed by atoms with Crippen LogP contribution in [0.3, 0.4) is 0 Å². The van der Waals surface area contributed by atoms with Crippen LogP contribution in [0.1, 0.15) is 17.5 Å². The van der Waals surface area contributed by atoms with Crippen molar-refractivity contribution in [3.8, 4) is 0 Å². The summed E-state index contributed by atoms with van der Waals surface area (Å²) in [5.74, 6) is -0.364. The third-order valence-corrected chi connectivity index (χ3v) is 2.76. The summed E-state index contributed by atoms with van der Waals surface area (Å²) in [6, 6.07) is 4.47. The third kappa shape index (κ3) is 6.91. The van der Waals surface area contributed by atoms with Gasteiger partial charge in [-0.25, -0.2) is 4.39 Å². The van der Waals surface area contributed by atoms with Gasteiger partial charge in [0.2, 0.25) is 0 Å². The Bertz CT molecular complexity index is 429. The lowest BCUT2D eigenvalue weighted by atomic mass is 10.1. The molecule has 0 heterocycles. The second-order valence-electron chi connectivity index (χ2n) is 4.22. The number of methoxy groups -OCH3 is 1. The van der Waals surface area contributed by atoms with Crippen LogP contribution in [0.2, 0.25) is 0 Å². The van der Waals surface area contributed by atoms with E-state index in [0.717, 1.165) is 6.42 Å². The molecule has 0 aromatic heterocycles. The predicted molar refractivity (Wildman–Crippen MR) is 79.3 cm³/mol. The molecule has 0 aliphatic carbocycles. The minimum atomic E-state index is -0.364. The SMILES string of the molecule is COCCOCCCOCc1cc(F)cc(C(N)=S)c1. The maximum Gasteiger partial charge on any atom is 0.124 e. The lowest BCUT2D eigenvalue weighted by Crippen LogP contribution is -2.10. The first-order chi connectivity index (χ1) is 9.63. The number of nitrogens with two attached hydrogens (primary N) is 1. The number of rotatable bonds is 10. The highest BCUT2D eigenvalue weighted by atomic mass is 32.1. The van der Waals surface area contributed by atoms with Crippen LogP contribution in [0, 0.1) is 5.82 Å². The van der Waals surface area contributed by atoms with Crippen LogP contribution >= 0.6 is 12.2 Å². The molecule has 6 heteroatoms. The summed E-state index contributed by atoms with van der Waals surface area (Å²) >= 11 is 4.83. The minimum absolute atomic E-state index is 0.178. The molecule has 4 nitrogen and oxygen atoms in total. The van der Waals surface area contributed by atoms with Gasteiger partial charge >= 0.3 is 0 Å². The molecule has 0 fully saturated rings. The first-order valence-corrected chi connectivity index (χ1v) is 6.78. The van der Waals surface area contributed by atoms with E-state index in [0.29, 0.717) is 44.2 Å². The van der Waals surface area contributed by atoms with Crippen LogP contribution in [0.4, 0.5) is 4.39 Å². The van der Waals surface area contributed by atoms with E-state index in [9.17, 15) is 4.39 Å². The summed E-state index contributed by atoms with van der Waals surface area (Å²) in [5, 5.41) is 0. The van der Waals surface area contributed by atoms with E-state index in [2.05, 4.69) is 0 Å². The molecule has 2 N–H and O–H groups in total. The molecule has 1 aromatic rings. The van der Waals surface area contributed by atoms with Gasteiger partial charge in [0.25, 0.3) is 0 Å². The van der Waals surface area contributed by atoms with E-state index >= 15 is 0 Å². The molecule has 0 spiro atoms. The first kappa shape index (κ1) is 17.0. The fraction of sp³-hybridized carbons (Fsp3) is 0.500. The van der Waals surface area contributed by atoms with Crippen LogP contribution in [0.15, 0.2) is 18.2 Å². The molecule has 20 heavy (non-hydrogen) atoms. The topological polar surface area (TPSA) is 53.7 Å². The van der Waals surface area contributed by atoms with Gasteiger partial charge in [-0.3, -0.25) is 0 Å². The quantitative estimate of drug-likeness (QED) is 0.529. The smallest absolute Gasteiger partial charge is 0.124 e. The van der Waals surface area contributed by atoms with Crippen molar-refractivity contribution in [3.63, 3.8) is 0 Å². The van der Waals surface area contributed by atoms with Crippen LogP contribution in [-0.2, 0) is 20.8 Å². The Kier molecular flexibility index (Phi) is 8.29. The van der Waals surface area contributed by atoms with Gasteiger partial charge in [-0.15, -0.1) is 0 Å². The van der Waals surface area contributed by atoms with Crippen LogP contribution in [0.25, 0.3) is 0 Å². The Labute approximate surface area is 124 Å². The fourth-order valence-electron chi connectivity index (χ4n) is 1.57. The van der Waals surface area contributed by atoms with E-state index < -0.39 is 0 Å². The third-order valence-electron chi connectivity index (χ3n) is 2.52. The van der Waals surface area contributed by atoms with Gasteiger partial charge in [0, 0.05) is 25.9 Å². The molecule has 0 atom stereocenters. The van der Waals surface area contributed by atoms with Crippen LogP contribution in [0.5, 0.6) is 0 Å². The van der Waals surface area contributed by atoms with Crippen LogP contribution in [-0.4, -0.2) is 38.5 Å². The van der Waals surface area contributed by atoms with Gasteiger partial charge in [-0.2, -0.15) is 0 Å². The predicted octanol–water partition coefficient (Wildman–Crippen LogP) is 2.03. The van der Waals surface area contributed by atoms with Gasteiger partial charge in [0.1, 0.15) is 10.8 Å². The fourth-order valence-corrected chi connectivity index (χ4v) is 1.69. The molecule has 1 rings (SSSR count). The lowest BCUT2D eigenvalue weighted by Gasteiger charge is -2.07. The average molecular weight is 301 g/mol. The normalized spacial score (nSPS) is 10.7. The molecular weight excluding hydrogens is 281 g/mol. The van der Waals surface area contributed by atoms with Gasteiger partial charge in [0.15, 0.2) is 0 Å². The van der Waals surface area contributed by atoms with E-state index in [1.807, 2.05) is 0 Å². The molecule has 0 radical (unpaired) electrons. The Morgan fingerprint density at radius 2 is 1.90 bits per heavy atom. The zero-order valence-electron chi connectivity index (χ0n) is 11.6. The van der Waals surface area contributed by atoms with Crippen LogP contribution < -0.4 is 5.73 Å². The van der Waals surface area contributed by atoms with Crippen molar-refractivity contribution in [2.24, 2.45) is 5.73 Å². The van der Waals surface area contributed by atoms with Gasteiger partial charge in [-0.1, -0.05) is 12.2 Å². The summed E-state index contributed by atoms with van der Waals surface area (Å²) < 4.78 is 28.9. The van der Waals surface area contributed by atoms with Crippen molar-refractivity contribution >= 4 is 17.2 Å². The number of halogens is 1. The summed E-state index contributed by atoms with van der Waals surface area (Å²) in [5.41, 5.74) is 6.71. The molecule has 0 saturated heterocycles. The number of ether oxygens (including phenoxy) is 3. The summed E-state index contributed by atoms with van der Waals surface area (Å²) in [6.45, 7) is 2.66. The zero-order valence-corrected chi connectivity index (χ0v) is 12.4. The molecule has 0 unspecified atom stereocenters. The summed E-state index contributed by atoms with van der Waals surface area (Å²) in [6.07, 6.45) is 0.779. The zero-order chi connectivity index (χ0) is 14.8. The maximum absolute atomic E-state index is 13.3. The van der Waals surface area contributed by atoms with Crippen molar-refractivity contribution < 1.29 is 18.6 Å². The van der Waals surface area contributed by atoms with Crippen molar-refractivity contribution in [3.05, 3.63) is 35.1 Å². The second-order valence-corrected chi connectivity index (χ2v) is 4.66. The minimum Gasteiger partial charge on any atom is -0.389 e. The van der Waals surface area contributed by atoms with E-state index in [1.54, 1.807) is 13.2 Å². The Morgan fingerprint density at radius 1 is 1.15 bits per heavy atom. The van der Waals surface area contributed by atoms with Crippen molar-refractivity contribution in [2.45, 2.75) is 13.0 Å². The highest BCUT2D eigenvalue weighted by Gasteiger charge is 2.03. The Balaban J connectivity index is 2.23. The second kappa shape index (κ2) is 9.77. The largest absolute Gasteiger partial charge is 0.389 e. The maximum atomic E-state index is 13.3. The Morgan fingerprint density at radius 3 is 2.60 bits per heavy atom. The van der Waals surface area contributed by atoms with E-state index in [4.69, 9.17) is 32.2 Å². The Hall–Kier alpha value is -1.08. The monoisotopic (exact) mass is 301 g/mol. The number of thiocarbonyl (C=S) groups is 1. The van der Waals surface area contributed by atoms with E-state index in [-0.39, 0.29) is 10.8 Å². The molecule has 0 aliphatic rings. The molecule has 0 saturated carbocycles. The molecular formula is C14H20FNO3S. The first-order valence-electron chi connectivity index (χ1n) is 6.37. The van der Waals surface area contributed by atoms with Gasteiger partial charge in [0.05, 0.1) is 19.8 Å². The molecule has 0 aliphatic heterocycles. The number of benzene rings is 1. The summed E-state index contributed by atoms with van der Waals surface area (Å²) in [7, 11) is 1.63. The molecule has 0 amide bonds. The number of hydrogen-bond donors (Lipinski definition) is 1. The van der Waals surface area contributed by atoms with Gasteiger partial charge < -0.3 is 19.9 Å². The van der Waals surface area contributed by atoms with Crippen molar-refractivity contribution in [1.29, 1.82) is 0 Å². The van der Waals surface area contributed by atoms with Crippen molar-refractivity contribution in [2.75, 3.05) is 33.5 Å². The van der Waals surface area contributed by atoms with Gasteiger partial charge in [-0.05, 0) is 30.2 Å². The standard InChI is InChI=1S/C14H20FNO3S/c1-17-5-6-18-3-2-4-19-10-11-7-12(14(16)20)9-13(15)8-11/h7-9H,2-6,10H2,1H3,(H2,16,20). The average Bonchev–Trinajstić information content (AvgIpc) is 2.41. The van der Waals surface area contributed by atoms with Crippen molar-refractivity contribution in [1.82, 2.24) is 0 Å². The highest BCUT2D eigenvalue weighted by Crippen LogP contribution is 2.10. The highest BCUT2D eigenvalue weighted by molar-refractivity contribution is 7.80. The molecule has 0 bridgehead atoms. The molecule has 1 aromatic carbocycles. The molecule has 112 valence electrons. The summed E-state index contributed by atoms with van der Waals surface area (Å²) in [4.78, 5) is 0.178. The lowest BCUT2D eigenvalue weighted by molar-refractivity contribution is 0.0483. The number of hydrogen-bond acceptors (Lipinski definition) is 4. The van der Waals surface area contributed by atoms with E-state index in [1.165, 1.54) is 12.1 Å².